The Morgan fingerprint density at radius 1 is 1.46 bits per heavy atom. The van der Waals surface area contributed by atoms with Crippen molar-refractivity contribution in [2.75, 3.05) is 6.61 Å². The molecule has 5 N–H and O–H groups in total. The number of carboxylic acid groups (broad SMARTS) is 1. The van der Waals surface area contributed by atoms with E-state index in [1.165, 1.54) is 23.6 Å². The molecule has 37 heavy (non-hydrogen) atoms. The Kier molecular flexibility index (Phi) is 7.50. The Hall–Kier alpha value is -3.91. The number of amides is 1. The molecule has 194 valence electrons. The fourth-order valence-electron chi connectivity index (χ4n) is 3.79. The van der Waals surface area contributed by atoms with Crippen molar-refractivity contribution in [2.24, 2.45) is 4.99 Å². The lowest BCUT2D eigenvalue weighted by atomic mass is 9.86. The quantitative estimate of drug-likeness (QED) is 0.235. The Labute approximate surface area is 216 Å². The Bertz CT molecular complexity index is 1330. The second kappa shape index (κ2) is 10.6. The number of aliphatic imine (C=N–C) groups is 1. The molecule has 1 aromatic carbocycles. The van der Waals surface area contributed by atoms with Crippen molar-refractivity contribution in [1.82, 2.24) is 20.9 Å². The molecule has 1 fully saturated rings. The number of cyclic esters (lactones) is 1. The van der Waals surface area contributed by atoms with Gasteiger partial charge in [0.1, 0.15) is 18.5 Å². The van der Waals surface area contributed by atoms with Gasteiger partial charge in [-0.2, -0.15) is 8.78 Å². The maximum absolute atomic E-state index is 13.8. The average Bonchev–Trinajstić information content (AvgIpc) is 3.49. The van der Waals surface area contributed by atoms with Crippen LogP contribution in [0, 0.1) is 11.2 Å². The van der Waals surface area contributed by atoms with Crippen molar-refractivity contribution in [2.45, 2.75) is 24.6 Å². The number of thiazole rings is 1. The van der Waals surface area contributed by atoms with Gasteiger partial charge in [-0.15, -0.1) is 11.3 Å². The maximum Gasteiger partial charge on any atom is 0.408 e. The number of nitrogens with zero attached hydrogens (tertiary/aromatic N) is 2. The van der Waals surface area contributed by atoms with Crippen LogP contribution in [0.3, 0.4) is 0 Å². The normalized spacial score (nSPS) is 21.5. The molecule has 1 saturated heterocycles. The first-order valence-corrected chi connectivity index (χ1v) is 11.8. The number of aromatic nitrogens is 1. The van der Waals surface area contributed by atoms with E-state index in [9.17, 15) is 27.9 Å². The zero-order valence-corrected chi connectivity index (χ0v) is 20.2. The molecular weight excluding hydrogens is 537 g/mol. The molecule has 0 spiro atoms. The molecule has 0 saturated carbocycles. The van der Waals surface area contributed by atoms with Crippen LogP contribution < -0.4 is 16.0 Å². The SMILES string of the molecule is N=C(/C=C\NC(F)F)C1=C(C[C@@]2(C(=O)O)COC(=O)N2)NC(c2nccs2)=N[C@H]1c1ccc(F)cc1Cl. The van der Waals surface area contributed by atoms with E-state index in [1.807, 2.05) is 0 Å². The number of alkyl carbamates (subject to hydrolysis) is 1. The Balaban J connectivity index is 1.89. The van der Waals surface area contributed by atoms with Crippen LogP contribution in [0.1, 0.15) is 23.0 Å². The van der Waals surface area contributed by atoms with Crippen LogP contribution in [0.4, 0.5) is 18.0 Å². The predicted molar refractivity (Wildman–Crippen MR) is 128 cm³/mol. The Morgan fingerprint density at radius 3 is 2.84 bits per heavy atom. The van der Waals surface area contributed by atoms with Gasteiger partial charge in [0.05, 0.1) is 5.71 Å². The van der Waals surface area contributed by atoms with E-state index in [2.05, 4.69) is 20.6 Å². The van der Waals surface area contributed by atoms with Crippen LogP contribution in [0.2, 0.25) is 5.02 Å². The number of alkyl halides is 2. The lowest BCUT2D eigenvalue weighted by Gasteiger charge is -2.31. The van der Waals surface area contributed by atoms with Crippen LogP contribution in [0.25, 0.3) is 0 Å². The summed E-state index contributed by atoms with van der Waals surface area (Å²) < 4.78 is 44.0. The minimum absolute atomic E-state index is 0.0288. The van der Waals surface area contributed by atoms with E-state index in [0.29, 0.717) is 5.01 Å². The summed E-state index contributed by atoms with van der Waals surface area (Å²) in [6.07, 6.45) is 2.07. The number of carboxylic acids is 1. The molecule has 2 aromatic rings. The van der Waals surface area contributed by atoms with Crippen molar-refractivity contribution in [1.29, 1.82) is 5.41 Å². The molecule has 0 radical (unpaired) electrons. The number of hydrogen-bond donors (Lipinski definition) is 5. The van der Waals surface area contributed by atoms with Gasteiger partial charge in [-0.3, -0.25) is 4.99 Å². The molecule has 2 aliphatic heterocycles. The van der Waals surface area contributed by atoms with Gasteiger partial charge in [0.25, 0.3) is 0 Å². The van der Waals surface area contributed by atoms with Crippen molar-refractivity contribution in [3.8, 4) is 0 Å². The van der Waals surface area contributed by atoms with Gasteiger partial charge in [0.15, 0.2) is 16.4 Å². The number of nitrogens with one attached hydrogen (secondary N) is 4. The van der Waals surface area contributed by atoms with Crippen LogP contribution >= 0.6 is 22.9 Å². The molecular formula is C22H18ClF3N6O4S. The molecule has 2 aliphatic rings. The van der Waals surface area contributed by atoms with Gasteiger partial charge in [0, 0.05) is 46.1 Å². The molecule has 0 aliphatic carbocycles. The van der Waals surface area contributed by atoms with Crippen molar-refractivity contribution >= 4 is 46.5 Å². The van der Waals surface area contributed by atoms with Gasteiger partial charge in [-0.1, -0.05) is 17.7 Å². The smallest absolute Gasteiger partial charge is 0.408 e. The summed E-state index contributed by atoms with van der Waals surface area (Å²) in [6, 6.07) is 2.46. The fraction of sp³-hybridized carbons (Fsp3) is 0.227. The third-order valence-corrected chi connectivity index (χ3v) is 6.57. The Morgan fingerprint density at radius 2 is 2.24 bits per heavy atom. The minimum atomic E-state index is -2.89. The fourth-order valence-corrected chi connectivity index (χ4v) is 4.64. The lowest BCUT2D eigenvalue weighted by Crippen LogP contribution is -2.52. The number of amidine groups is 1. The molecule has 0 unspecified atom stereocenters. The topological polar surface area (TPSA) is 149 Å². The van der Waals surface area contributed by atoms with Crippen LogP contribution in [0.15, 0.2) is 58.3 Å². The summed E-state index contributed by atoms with van der Waals surface area (Å²) in [7, 11) is 0. The average molecular weight is 555 g/mol. The van der Waals surface area contributed by atoms with Gasteiger partial charge in [-0.05, 0) is 18.2 Å². The summed E-state index contributed by atoms with van der Waals surface area (Å²) in [6.45, 7) is -3.40. The molecule has 2 atom stereocenters. The molecule has 1 amide bonds. The summed E-state index contributed by atoms with van der Waals surface area (Å²) >= 11 is 7.55. The number of ether oxygens (including phenoxy) is 1. The van der Waals surface area contributed by atoms with Crippen LogP contribution in [-0.2, 0) is 9.53 Å². The first-order chi connectivity index (χ1) is 17.6. The van der Waals surface area contributed by atoms with E-state index in [-0.39, 0.29) is 33.4 Å². The number of rotatable bonds is 9. The highest BCUT2D eigenvalue weighted by molar-refractivity contribution is 7.11. The number of benzene rings is 1. The van der Waals surface area contributed by atoms with Crippen LogP contribution in [0.5, 0.6) is 0 Å². The summed E-state index contributed by atoms with van der Waals surface area (Å²) in [5.41, 5.74) is -1.79. The zero-order chi connectivity index (χ0) is 26.7. The van der Waals surface area contributed by atoms with Crippen molar-refractivity contribution in [3.63, 3.8) is 0 Å². The maximum atomic E-state index is 13.8. The molecule has 1 aromatic heterocycles. The van der Waals surface area contributed by atoms with Crippen molar-refractivity contribution < 1.29 is 32.6 Å². The van der Waals surface area contributed by atoms with Crippen molar-refractivity contribution in [3.05, 3.63) is 74.7 Å². The van der Waals surface area contributed by atoms with E-state index < -0.39 is 49.0 Å². The predicted octanol–water partition coefficient (Wildman–Crippen LogP) is 3.58. The highest BCUT2D eigenvalue weighted by Crippen LogP contribution is 2.39. The standard InChI is InChI=1S/C22H18ClF3N6O4S/c23-12-7-10(24)1-2-11(12)16-15(13(27)3-4-29-20(25)26)14(30-17(31-16)18-28-5-6-37-18)8-22(19(33)34)9-36-21(35)32-22/h1-7,16,20,27,29H,8-9H2,(H,30,31)(H,32,35)(H,33,34)/b4-3-,27-13?/t16-,22-/m0/s1. The number of hydrogen-bond acceptors (Lipinski definition) is 9. The zero-order valence-electron chi connectivity index (χ0n) is 18.6. The number of aliphatic carboxylic acids is 1. The summed E-state index contributed by atoms with van der Waals surface area (Å²) in [4.78, 5) is 32.8. The first kappa shape index (κ1) is 26.2. The number of carbonyl (C=O) groups is 2. The monoisotopic (exact) mass is 554 g/mol. The first-order valence-electron chi connectivity index (χ1n) is 10.5. The van der Waals surface area contributed by atoms with E-state index in [1.54, 1.807) is 10.7 Å². The second-order valence-corrected chi connectivity index (χ2v) is 9.18. The van der Waals surface area contributed by atoms with Gasteiger partial charge < -0.3 is 31.2 Å². The third kappa shape index (κ3) is 5.59. The van der Waals surface area contributed by atoms with E-state index >= 15 is 0 Å². The summed E-state index contributed by atoms with van der Waals surface area (Å²) in [5, 5.41) is 27.7. The summed E-state index contributed by atoms with van der Waals surface area (Å²) in [5.74, 6) is -1.82. The molecule has 10 nitrogen and oxygen atoms in total. The second-order valence-electron chi connectivity index (χ2n) is 7.88. The van der Waals surface area contributed by atoms with Crippen LogP contribution in [-0.4, -0.2) is 52.4 Å². The number of carbonyl (C=O) groups excluding carboxylic acids is 1. The van der Waals surface area contributed by atoms with Gasteiger partial charge in [-0.25, -0.2) is 19.0 Å². The lowest BCUT2D eigenvalue weighted by molar-refractivity contribution is -0.144. The number of halogens is 4. The molecule has 4 rings (SSSR count). The number of allylic oxidation sites excluding steroid dienone is 1. The van der Waals surface area contributed by atoms with Gasteiger partial charge in [0.2, 0.25) is 0 Å². The third-order valence-electron chi connectivity index (χ3n) is 5.46. The molecule has 3 heterocycles. The minimum Gasteiger partial charge on any atom is -0.479 e. The van der Waals surface area contributed by atoms with Gasteiger partial charge >= 0.3 is 18.6 Å². The molecule has 15 heteroatoms. The molecule has 0 bridgehead atoms. The highest BCUT2D eigenvalue weighted by Gasteiger charge is 2.49. The van der Waals surface area contributed by atoms with E-state index in [0.717, 1.165) is 24.4 Å². The largest absolute Gasteiger partial charge is 0.479 e. The van der Waals surface area contributed by atoms with E-state index in [4.69, 9.17) is 21.7 Å². The highest BCUT2D eigenvalue weighted by atomic mass is 35.5.